The van der Waals surface area contributed by atoms with E-state index in [1.54, 1.807) is 0 Å². The normalized spacial score (nSPS) is 18.6. The van der Waals surface area contributed by atoms with Crippen LogP contribution in [-0.4, -0.2) is 34.5 Å². The molecule has 0 bridgehead atoms. The summed E-state index contributed by atoms with van der Waals surface area (Å²) in [4.78, 5) is 24.5. The van der Waals surface area contributed by atoms with Crippen LogP contribution < -0.4 is 5.73 Å². The van der Waals surface area contributed by atoms with Crippen molar-refractivity contribution in [2.24, 2.45) is 0 Å². The number of nitrogens with two attached hydrogens (primary N) is 1. The Hall–Kier alpha value is -2.11. The number of aliphatic carboxylic acids is 1. The predicted octanol–water partition coefficient (Wildman–Crippen LogP) is 1.49. The van der Waals surface area contributed by atoms with Gasteiger partial charge in [-0.1, -0.05) is 0 Å². The highest BCUT2D eigenvalue weighted by Gasteiger charge is 2.31. The monoisotopic (exact) mass is 266 g/mol. The quantitative estimate of drug-likeness (QED) is 0.812. The summed E-state index contributed by atoms with van der Waals surface area (Å²) in [5.41, 5.74) is 5.54. The van der Waals surface area contributed by atoms with Gasteiger partial charge in [0.2, 0.25) is 0 Å². The van der Waals surface area contributed by atoms with Gasteiger partial charge in [-0.15, -0.1) is 0 Å². The summed E-state index contributed by atoms with van der Waals surface area (Å²) < 4.78 is 13.3. The number of likely N-dealkylation sites (tertiary alicyclic amines) is 1. The van der Waals surface area contributed by atoms with E-state index in [0.29, 0.717) is 13.0 Å². The van der Waals surface area contributed by atoms with Crippen LogP contribution in [0.4, 0.5) is 10.1 Å². The lowest BCUT2D eigenvalue weighted by Crippen LogP contribution is -2.36. The van der Waals surface area contributed by atoms with Crippen molar-refractivity contribution in [2.45, 2.75) is 25.3 Å². The molecule has 102 valence electrons. The lowest BCUT2D eigenvalue weighted by molar-refractivity contribution is -0.137. The number of benzene rings is 1. The topological polar surface area (TPSA) is 83.6 Å². The van der Waals surface area contributed by atoms with Gasteiger partial charge in [-0.2, -0.15) is 0 Å². The van der Waals surface area contributed by atoms with Crippen LogP contribution in [0.2, 0.25) is 0 Å². The molecule has 1 fully saturated rings. The van der Waals surface area contributed by atoms with Gasteiger partial charge in [0.15, 0.2) is 0 Å². The minimum absolute atomic E-state index is 0.0138. The fraction of sp³-hybridized carbons (Fsp3) is 0.385. The van der Waals surface area contributed by atoms with Gasteiger partial charge >= 0.3 is 5.97 Å². The van der Waals surface area contributed by atoms with E-state index >= 15 is 0 Å². The zero-order chi connectivity index (χ0) is 14.0. The van der Waals surface area contributed by atoms with E-state index in [9.17, 15) is 14.0 Å². The molecule has 0 radical (unpaired) electrons. The Labute approximate surface area is 109 Å². The molecule has 6 heteroatoms. The molecule has 2 rings (SSSR count). The molecule has 1 aromatic carbocycles. The zero-order valence-electron chi connectivity index (χ0n) is 10.3. The van der Waals surface area contributed by atoms with Crippen molar-refractivity contribution < 1.29 is 19.1 Å². The summed E-state index contributed by atoms with van der Waals surface area (Å²) >= 11 is 0. The van der Waals surface area contributed by atoms with Gasteiger partial charge in [-0.25, -0.2) is 4.39 Å². The molecule has 0 spiro atoms. The number of halogens is 1. The maximum Gasteiger partial charge on any atom is 0.305 e. The van der Waals surface area contributed by atoms with Crippen molar-refractivity contribution in [3.63, 3.8) is 0 Å². The first-order valence-corrected chi connectivity index (χ1v) is 6.07. The van der Waals surface area contributed by atoms with Crippen LogP contribution in [0.5, 0.6) is 0 Å². The summed E-state index contributed by atoms with van der Waals surface area (Å²) in [6, 6.07) is 3.57. The Morgan fingerprint density at radius 2 is 2.21 bits per heavy atom. The van der Waals surface area contributed by atoms with Crippen molar-refractivity contribution in [3.05, 3.63) is 29.6 Å². The van der Waals surface area contributed by atoms with Crippen LogP contribution in [0.25, 0.3) is 0 Å². The summed E-state index contributed by atoms with van der Waals surface area (Å²) in [5.74, 6) is -1.92. The molecule has 1 aliphatic rings. The number of carbonyl (C=O) groups is 2. The van der Waals surface area contributed by atoms with E-state index in [1.807, 2.05) is 0 Å². The second-order valence-electron chi connectivity index (χ2n) is 4.63. The van der Waals surface area contributed by atoms with Gasteiger partial charge in [0, 0.05) is 18.2 Å². The largest absolute Gasteiger partial charge is 0.481 e. The van der Waals surface area contributed by atoms with Gasteiger partial charge in [0.05, 0.1) is 12.1 Å². The molecule has 3 N–H and O–H groups in total. The smallest absolute Gasteiger partial charge is 0.305 e. The minimum atomic E-state index is -0.937. The number of nitrogen functional groups attached to an aromatic ring is 1. The lowest BCUT2D eigenvalue weighted by Gasteiger charge is -2.23. The first kappa shape index (κ1) is 13.3. The number of carboxylic acids is 1. The molecule has 1 aliphatic heterocycles. The fourth-order valence-electron chi connectivity index (χ4n) is 2.34. The van der Waals surface area contributed by atoms with E-state index in [-0.39, 0.29) is 29.6 Å². The maximum absolute atomic E-state index is 13.3. The molecule has 1 aromatic rings. The van der Waals surface area contributed by atoms with Gasteiger partial charge in [-0.05, 0) is 31.0 Å². The second kappa shape index (κ2) is 5.26. The van der Waals surface area contributed by atoms with Gasteiger partial charge in [0.1, 0.15) is 5.82 Å². The Balaban J connectivity index is 2.18. The number of nitrogens with zero attached hydrogens (tertiary/aromatic N) is 1. The third-order valence-corrected chi connectivity index (χ3v) is 3.30. The van der Waals surface area contributed by atoms with Crippen LogP contribution in [0, 0.1) is 5.82 Å². The van der Waals surface area contributed by atoms with Crippen LogP contribution in [-0.2, 0) is 4.79 Å². The Morgan fingerprint density at radius 1 is 1.47 bits per heavy atom. The molecule has 19 heavy (non-hydrogen) atoms. The number of hydrogen-bond acceptors (Lipinski definition) is 3. The predicted molar refractivity (Wildman–Crippen MR) is 67.1 cm³/mol. The van der Waals surface area contributed by atoms with E-state index in [2.05, 4.69) is 0 Å². The minimum Gasteiger partial charge on any atom is -0.481 e. The van der Waals surface area contributed by atoms with Crippen LogP contribution in [0.3, 0.4) is 0 Å². The standard InChI is InChI=1S/C13H15FN2O3/c14-10-6-8(3-4-11(10)15)13(19)16-5-1-2-9(16)7-12(17)18/h3-4,6,9H,1-2,5,7,15H2,(H,17,18). The fourth-order valence-corrected chi connectivity index (χ4v) is 2.34. The van der Waals surface area contributed by atoms with E-state index < -0.39 is 11.8 Å². The summed E-state index contributed by atoms with van der Waals surface area (Å²) in [6.45, 7) is 0.503. The van der Waals surface area contributed by atoms with E-state index in [4.69, 9.17) is 10.8 Å². The number of carboxylic acid groups (broad SMARTS) is 1. The molecular weight excluding hydrogens is 251 g/mol. The Morgan fingerprint density at radius 3 is 2.84 bits per heavy atom. The first-order valence-electron chi connectivity index (χ1n) is 6.07. The van der Waals surface area contributed by atoms with Crippen molar-refractivity contribution in [2.75, 3.05) is 12.3 Å². The van der Waals surface area contributed by atoms with Crippen LogP contribution in [0.15, 0.2) is 18.2 Å². The van der Waals surface area contributed by atoms with Crippen molar-refractivity contribution in [3.8, 4) is 0 Å². The third-order valence-electron chi connectivity index (χ3n) is 3.30. The third kappa shape index (κ3) is 2.83. The van der Waals surface area contributed by atoms with Crippen molar-refractivity contribution in [1.29, 1.82) is 0 Å². The van der Waals surface area contributed by atoms with Crippen LogP contribution >= 0.6 is 0 Å². The maximum atomic E-state index is 13.3. The van der Waals surface area contributed by atoms with E-state index in [1.165, 1.54) is 17.0 Å². The zero-order valence-corrected chi connectivity index (χ0v) is 10.3. The molecular formula is C13H15FN2O3. The van der Waals surface area contributed by atoms with Gasteiger partial charge in [-0.3, -0.25) is 9.59 Å². The molecule has 0 saturated carbocycles. The lowest BCUT2D eigenvalue weighted by atomic mass is 10.1. The number of amides is 1. The Kier molecular flexibility index (Phi) is 3.69. The average Bonchev–Trinajstić information content (AvgIpc) is 2.79. The molecule has 0 aliphatic carbocycles. The number of rotatable bonds is 3. The van der Waals surface area contributed by atoms with Crippen molar-refractivity contribution >= 4 is 17.6 Å². The highest BCUT2D eigenvalue weighted by atomic mass is 19.1. The SMILES string of the molecule is Nc1ccc(C(=O)N2CCCC2CC(=O)O)cc1F. The molecule has 1 amide bonds. The molecule has 0 aromatic heterocycles. The van der Waals surface area contributed by atoms with Crippen molar-refractivity contribution in [1.82, 2.24) is 4.90 Å². The second-order valence-corrected chi connectivity index (χ2v) is 4.63. The average molecular weight is 266 g/mol. The van der Waals surface area contributed by atoms with Gasteiger partial charge in [0.25, 0.3) is 5.91 Å². The molecule has 1 unspecified atom stereocenters. The molecule has 5 nitrogen and oxygen atoms in total. The van der Waals surface area contributed by atoms with Gasteiger partial charge < -0.3 is 15.7 Å². The highest BCUT2D eigenvalue weighted by Crippen LogP contribution is 2.23. The summed E-state index contributed by atoms with van der Waals surface area (Å²) in [5, 5.41) is 8.81. The van der Waals surface area contributed by atoms with E-state index in [0.717, 1.165) is 12.5 Å². The number of anilines is 1. The molecule has 1 heterocycles. The summed E-state index contributed by atoms with van der Waals surface area (Å²) in [6.07, 6.45) is 1.35. The van der Waals surface area contributed by atoms with Crippen LogP contribution in [0.1, 0.15) is 29.6 Å². The molecule has 1 saturated heterocycles. The molecule has 1 atom stereocenters. The first-order chi connectivity index (χ1) is 8.99. The highest BCUT2D eigenvalue weighted by molar-refractivity contribution is 5.95. The summed E-state index contributed by atoms with van der Waals surface area (Å²) in [7, 11) is 0. The Bertz CT molecular complexity index is 519. The number of carbonyl (C=O) groups excluding carboxylic acids is 1. The number of hydrogen-bond donors (Lipinski definition) is 2.